The monoisotopic (exact) mass is 338 g/mol. The van der Waals surface area contributed by atoms with Gasteiger partial charge in [0.25, 0.3) is 0 Å². The van der Waals surface area contributed by atoms with Gasteiger partial charge in [-0.2, -0.15) is 0 Å². The lowest BCUT2D eigenvalue weighted by Gasteiger charge is -2.38. The van der Waals surface area contributed by atoms with Crippen molar-refractivity contribution in [1.29, 1.82) is 0 Å². The number of hydrogen-bond donors (Lipinski definition) is 4. The van der Waals surface area contributed by atoms with E-state index < -0.39 is 36.7 Å². The number of rotatable bonds is 3. The summed E-state index contributed by atoms with van der Waals surface area (Å²) in [6, 6.07) is 4.21. The van der Waals surface area contributed by atoms with Crippen molar-refractivity contribution in [3.05, 3.63) is 28.2 Å². The molecule has 1 aromatic carbocycles. The van der Waals surface area contributed by atoms with E-state index in [1.807, 2.05) is 0 Å². The average molecular weight is 339 g/mol. The van der Waals surface area contributed by atoms with Crippen LogP contribution in [0.5, 0.6) is 5.75 Å². The molecule has 1 saturated heterocycles. The second-order valence-electron chi connectivity index (χ2n) is 4.43. The molecule has 0 amide bonds. The Morgan fingerprint density at radius 2 is 1.76 bits per heavy atom. The minimum absolute atomic E-state index is 0.154. The molecule has 0 radical (unpaired) electrons. The molecule has 1 heterocycles. The highest BCUT2D eigenvalue weighted by Gasteiger charge is 2.48. The molecular formula is C12H12Cl2O7. The normalized spacial score (nSPS) is 32.7. The van der Waals surface area contributed by atoms with Gasteiger partial charge >= 0.3 is 5.97 Å². The van der Waals surface area contributed by atoms with Crippen LogP contribution >= 0.6 is 23.2 Å². The van der Waals surface area contributed by atoms with Crippen molar-refractivity contribution in [1.82, 2.24) is 0 Å². The molecule has 0 unspecified atom stereocenters. The van der Waals surface area contributed by atoms with Crippen LogP contribution < -0.4 is 4.74 Å². The molecule has 9 heteroatoms. The Kier molecular flexibility index (Phi) is 4.92. The van der Waals surface area contributed by atoms with Crippen molar-refractivity contribution in [2.75, 3.05) is 0 Å². The third-order valence-electron chi connectivity index (χ3n) is 2.96. The molecule has 7 nitrogen and oxygen atoms in total. The van der Waals surface area contributed by atoms with E-state index in [-0.39, 0.29) is 15.8 Å². The van der Waals surface area contributed by atoms with Crippen molar-refractivity contribution in [3.63, 3.8) is 0 Å². The van der Waals surface area contributed by atoms with Crippen molar-refractivity contribution >= 4 is 29.2 Å². The quantitative estimate of drug-likeness (QED) is 0.624. The number of carboxylic acids is 1. The first-order valence-electron chi connectivity index (χ1n) is 5.85. The van der Waals surface area contributed by atoms with Gasteiger partial charge in [-0.1, -0.05) is 23.2 Å². The van der Waals surface area contributed by atoms with Crippen LogP contribution in [0, 0.1) is 0 Å². The number of hydrogen-bond acceptors (Lipinski definition) is 6. The first kappa shape index (κ1) is 16.3. The van der Waals surface area contributed by atoms with Crippen LogP contribution in [0.4, 0.5) is 0 Å². The van der Waals surface area contributed by atoms with Gasteiger partial charge in [0.15, 0.2) is 6.10 Å². The first-order valence-corrected chi connectivity index (χ1v) is 6.61. The third kappa shape index (κ3) is 3.39. The molecule has 0 bridgehead atoms. The summed E-state index contributed by atoms with van der Waals surface area (Å²) < 4.78 is 10.2. The molecule has 116 valence electrons. The number of aliphatic carboxylic acids is 1. The summed E-state index contributed by atoms with van der Waals surface area (Å²) >= 11 is 11.5. The fourth-order valence-corrected chi connectivity index (χ4v) is 2.12. The fraction of sp³-hybridized carbons (Fsp3) is 0.417. The second-order valence-corrected chi connectivity index (χ2v) is 5.24. The Morgan fingerprint density at radius 1 is 1.10 bits per heavy atom. The molecule has 2 rings (SSSR count). The van der Waals surface area contributed by atoms with Crippen molar-refractivity contribution in [2.45, 2.75) is 30.7 Å². The van der Waals surface area contributed by atoms with Crippen LogP contribution in [-0.4, -0.2) is 57.1 Å². The minimum atomic E-state index is -1.77. The highest BCUT2D eigenvalue weighted by molar-refractivity contribution is 6.42. The number of benzene rings is 1. The van der Waals surface area contributed by atoms with E-state index in [4.69, 9.17) is 37.8 Å². The van der Waals surface area contributed by atoms with E-state index in [9.17, 15) is 20.1 Å². The second kappa shape index (κ2) is 6.35. The van der Waals surface area contributed by atoms with Gasteiger partial charge in [0.2, 0.25) is 6.29 Å². The largest absolute Gasteiger partial charge is 0.479 e. The predicted octanol–water partition coefficient (Wildman–Crippen LogP) is 0.264. The van der Waals surface area contributed by atoms with Gasteiger partial charge in [0.05, 0.1) is 10.0 Å². The molecule has 1 aromatic rings. The number of carboxylic acid groups (broad SMARTS) is 1. The first-order chi connectivity index (χ1) is 9.81. The summed E-state index contributed by atoms with van der Waals surface area (Å²) in [6.45, 7) is 0. The maximum Gasteiger partial charge on any atom is 0.335 e. The van der Waals surface area contributed by atoms with E-state index in [0.717, 1.165) is 0 Å². The van der Waals surface area contributed by atoms with Crippen LogP contribution in [0.3, 0.4) is 0 Å². The molecular weight excluding hydrogens is 327 g/mol. The molecule has 0 saturated carbocycles. The Balaban J connectivity index is 2.17. The molecule has 1 aliphatic rings. The van der Waals surface area contributed by atoms with Crippen LogP contribution in [-0.2, 0) is 9.53 Å². The van der Waals surface area contributed by atoms with Crippen LogP contribution in [0.25, 0.3) is 0 Å². The predicted molar refractivity (Wildman–Crippen MR) is 71.4 cm³/mol. The number of carbonyl (C=O) groups is 1. The van der Waals surface area contributed by atoms with E-state index in [1.54, 1.807) is 0 Å². The zero-order valence-corrected chi connectivity index (χ0v) is 11.9. The molecule has 0 spiro atoms. The topological polar surface area (TPSA) is 116 Å². The SMILES string of the molecule is O=C(O)[C@H]1O[C@@H](Oc2ccc(Cl)c(Cl)c2)[C@H](O)[C@@H](O)[C@@H]1O. The zero-order valence-electron chi connectivity index (χ0n) is 10.4. The lowest BCUT2D eigenvalue weighted by molar-refractivity contribution is -0.271. The van der Waals surface area contributed by atoms with E-state index in [0.29, 0.717) is 0 Å². The Labute approximate surface area is 129 Å². The van der Waals surface area contributed by atoms with Gasteiger partial charge in [0, 0.05) is 6.07 Å². The summed E-state index contributed by atoms with van der Waals surface area (Å²) in [7, 11) is 0. The van der Waals surface area contributed by atoms with E-state index >= 15 is 0 Å². The smallest absolute Gasteiger partial charge is 0.335 e. The summed E-state index contributed by atoms with van der Waals surface area (Å²) in [5.41, 5.74) is 0. The number of aliphatic hydroxyl groups excluding tert-OH is 3. The summed E-state index contributed by atoms with van der Waals surface area (Å²) in [4.78, 5) is 10.9. The maximum absolute atomic E-state index is 10.9. The van der Waals surface area contributed by atoms with E-state index in [2.05, 4.69) is 0 Å². The van der Waals surface area contributed by atoms with E-state index in [1.165, 1.54) is 18.2 Å². The van der Waals surface area contributed by atoms with Crippen LogP contribution in [0.15, 0.2) is 18.2 Å². The summed E-state index contributed by atoms with van der Waals surface area (Å²) in [5, 5.41) is 38.3. The Morgan fingerprint density at radius 3 is 2.33 bits per heavy atom. The maximum atomic E-state index is 10.9. The average Bonchev–Trinajstić information content (AvgIpc) is 2.43. The standard InChI is InChI=1S/C12H12Cl2O7/c13-5-2-1-4(3-6(5)14)20-12-9(17)7(15)8(16)10(21-12)11(18)19/h1-3,7-10,12,15-17H,(H,18,19)/t7-,8-,9+,10-,12+/m0/s1. The summed E-state index contributed by atoms with van der Waals surface area (Å²) in [5.74, 6) is -1.34. The van der Waals surface area contributed by atoms with Crippen molar-refractivity contribution in [3.8, 4) is 5.75 Å². The van der Waals surface area contributed by atoms with Gasteiger partial charge < -0.3 is 29.9 Å². The Hall–Kier alpha value is -1.09. The molecule has 1 aliphatic heterocycles. The number of ether oxygens (including phenoxy) is 2. The van der Waals surface area contributed by atoms with Crippen LogP contribution in [0.1, 0.15) is 0 Å². The fourth-order valence-electron chi connectivity index (χ4n) is 1.83. The summed E-state index contributed by atoms with van der Waals surface area (Å²) in [6.07, 6.45) is -8.35. The molecule has 1 fully saturated rings. The lowest BCUT2D eigenvalue weighted by atomic mass is 9.99. The Bertz CT molecular complexity index is 538. The van der Waals surface area contributed by atoms with Gasteiger partial charge in [0.1, 0.15) is 24.1 Å². The van der Waals surface area contributed by atoms with Gasteiger partial charge in [-0.25, -0.2) is 4.79 Å². The van der Waals surface area contributed by atoms with Crippen LogP contribution in [0.2, 0.25) is 10.0 Å². The third-order valence-corrected chi connectivity index (χ3v) is 3.70. The minimum Gasteiger partial charge on any atom is -0.479 e. The highest BCUT2D eigenvalue weighted by Crippen LogP contribution is 2.29. The number of halogens is 2. The molecule has 0 aliphatic carbocycles. The van der Waals surface area contributed by atoms with Gasteiger partial charge in [-0.05, 0) is 12.1 Å². The molecule has 0 aromatic heterocycles. The number of aliphatic hydroxyl groups is 3. The zero-order chi connectivity index (χ0) is 15.7. The van der Waals surface area contributed by atoms with Crippen molar-refractivity contribution in [2.24, 2.45) is 0 Å². The lowest BCUT2D eigenvalue weighted by Crippen LogP contribution is -2.61. The molecule has 4 N–H and O–H groups in total. The highest BCUT2D eigenvalue weighted by atomic mass is 35.5. The van der Waals surface area contributed by atoms with Crippen molar-refractivity contribution < 1.29 is 34.7 Å². The van der Waals surface area contributed by atoms with Gasteiger partial charge in [-0.15, -0.1) is 0 Å². The molecule has 21 heavy (non-hydrogen) atoms. The molecule has 5 atom stereocenters. The van der Waals surface area contributed by atoms with Gasteiger partial charge in [-0.3, -0.25) is 0 Å².